The van der Waals surface area contributed by atoms with Crippen LogP contribution in [-0.2, 0) is 20.1 Å². The highest BCUT2D eigenvalue weighted by Gasteiger charge is 2.24. The van der Waals surface area contributed by atoms with Gasteiger partial charge in [0.05, 0.1) is 22.5 Å². The van der Waals surface area contributed by atoms with Crippen LogP contribution in [0.25, 0.3) is 10.9 Å². The number of benzene rings is 3. The lowest BCUT2D eigenvalue weighted by molar-refractivity contribution is 0.0698. The highest BCUT2D eigenvalue weighted by Crippen LogP contribution is 2.31. The molecule has 0 spiro atoms. The highest BCUT2D eigenvalue weighted by atomic mass is 16.4. The van der Waals surface area contributed by atoms with Crippen molar-refractivity contribution in [2.24, 2.45) is 7.05 Å². The van der Waals surface area contributed by atoms with Crippen molar-refractivity contribution in [1.29, 1.82) is 0 Å². The molecular weight excluding hydrogens is 428 g/mol. The highest BCUT2D eigenvalue weighted by molar-refractivity contribution is 5.94. The molecule has 7 heteroatoms. The number of carboxylic acid groups (broad SMARTS) is 1. The SMILES string of the molecule is Cc1cc(C(C)Nc2ccccc2C(=O)O)c2nc(N3Cc4ccccc4C3)n(C)c(=O)c2c1. The van der Waals surface area contributed by atoms with Gasteiger partial charge in [-0.2, -0.15) is 0 Å². The fraction of sp³-hybridized carbons (Fsp3) is 0.222. The van der Waals surface area contributed by atoms with Gasteiger partial charge < -0.3 is 15.3 Å². The predicted octanol–water partition coefficient (Wildman–Crippen LogP) is 4.63. The predicted molar refractivity (Wildman–Crippen MR) is 133 cm³/mol. The third-order valence-corrected chi connectivity index (χ3v) is 6.45. The number of aryl methyl sites for hydroxylation is 1. The first-order chi connectivity index (χ1) is 16.3. The van der Waals surface area contributed by atoms with Gasteiger partial charge in [0.15, 0.2) is 0 Å². The number of hydrogen-bond acceptors (Lipinski definition) is 5. The van der Waals surface area contributed by atoms with Crippen LogP contribution in [-0.4, -0.2) is 20.6 Å². The van der Waals surface area contributed by atoms with E-state index in [-0.39, 0.29) is 17.2 Å². The van der Waals surface area contributed by atoms with Crippen LogP contribution in [0.3, 0.4) is 0 Å². The first kappa shape index (κ1) is 21.7. The molecule has 1 atom stereocenters. The average Bonchev–Trinajstić information content (AvgIpc) is 3.25. The monoisotopic (exact) mass is 454 g/mol. The summed E-state index contributed by atoms with van der Waals surface area (Å²) in [6.07, 6.45) is 0. The maximum Gasteiger partial charge on any atom is 0.337 e. The van der Waals surface area contributed by atoms with Crippen molar-refractivity contribution in [2.75, 3.05) is 10.2 Å². The molecule has 0 fully saturated rings. The Morgan fingerprint density at radius 3 is 2.38 bits per heavy atom. The van der Waals surface area contributed by atoms with Gasteiger partial charge in [-0.3, -0.25) is 9.36 Å². The molecule has 0 amide bonds. The molecule has 7 nitrogen and oxygen atoms in total. The Morgan fingerprint density at radius 1 is 1.06 bits per heavy atom. The molecular formula is C27H26N4O3. The second kappa shape index (κ2) is 8.33. The first-order valence-electron chi connectivity index (χ1n) is 11.3. The molecule has 1 unspecified atom stereocenters. The number of nitrogens with zero attached hydrogens (tertiary/aromatic N) is 3. The zero-order valence-electron chi connectivity index (χ0n) is 19.4. The summed E-state index contributed by atoms with van der Waals surface area (Å²) < 4.78 is 1.62. The number of anilines is 2. The molecule has 4 aromatic rings. The van der Waals surface area contributed by atoms with Crippen LogP contribution in [0.1, 0.15) is 45.6 Å². The average molecular weight is 455 g/mol. The molecule has 5 rings (SSSR count). The molecule has 2 heterocycles. The van der Waals surface area contributed by atoms with E-state index in [0.29, 0.717) is 35.6 Å². The lowest BCUT2D eigenvalue weighted by Gasteiger charge is -2.23. The summed E-state index contributed by atoms with van der Waals surface area (Å²) in [5.74, 6) is -0.371. The van der Waals surface area contributed by atoms with E-state index < -0.39 is 5.97 Å². The Hall–Kier alpha value is -4.13. The van der Waals surface area contributed by atoms with E-state index >= 15 is 0 Å². The summed E-state index contributed by atoms with van der Waals surface area (Å²) in [5, 5.41) is 13.4. The molecule has 1 aliphatic rings. The van der Waals surface area contributed by atoms with Crippen LogP contribution < -0.4 is 15.8 Å². The number of hydrogen-bond donors (Lipinski definition) is 2. The van der Waals surface area contributed by atoms with E-state index in [9.17, 15) is 14.7 Å². The fourth-order valence-electron chi connectivity index (χ4n) is 4.74. The minimum atomic E-state index is -0.993. The topological polar surface area (TPSA) is 87.5 Å². The van der Waals surface area contributed by atoms with E-state index in [0.717, 1.165) is 11.1 Å². The van der Waals surface area contributed by atoms with Crippen molar-refractivity contribution in [1.82, 2.24) is 9.55 Å². The Morgan fingerprint density at radius 2 is 1.71 bits per heavy atom. The second-order valence-corrected chi connectivity index (χ2v) is 8.87. The Labute approximate surface area is 197 Å². The number of carboxylic acids is 1. The third-order valence-electron chi connectivity index (χ3n) is 6.45. The fourth-order valence-corrected chi connectivity index (χ4v) is 4.74. The van der Waals surface area contributed by atoms with Crippen LogP contribution in [0.4, 0.5) is 11.6 Å². The summed E-state index contributed by atoms with van der Waals surface area (Å²) in [6, 6.07) is 18.7. The van der Waals surface area contributed by atoms with E-state index in [2.05, 4.69) is 22.3 Å². The summed E-state index contributed by atoms with van der Waals surface area (Å²) in [5.41, 5.74) is 5.53. The molecule has 0 saturated heterocycles. The van der Waals surface area contributed by atoms with Crippen LogP contribution in [0.2, 0.25) is 0 Å². The van der Waals surface area contributed by atoms with Crippen LogP contribution in [0, 0.1) is 6.92 Å². The van der Waals surface area contributed by atoms with Crippen molar-refractivity contribution >= 4 is 28.5 Å². The summed E-state index contributed by atoms with van der Waals surface area (Å²) in [6.45, 7) is 5.30. The Kier molecular flexibility index (Phi) is 5.32. The molecule has 0 saturated carbocycles. The molecule has 0 aliphatic carbocycles. The lowest BCUT2D eigenvalue weighted by Crippen LogP contribution is -2.28. The van der Waals surface area contributed by atoms with Gasteiger partial charge in [0, 0.05) is 31.4 Å². The minimum Gasteiger partial charge on any atom is -0.478 e. The Balaban J connectivity index is 1.60. The van der Waals surface area contributed by atoms with Gasteiger partial charge >= 0.3 is 5.97 Å². The molecule has 0 radical (unpaired) electrons. The van der Waals surface area contributed by atoms with Crippen molar-refractivity contribution in [3.05, 3.63) is 98.8 Å². The maximum atomic E-state index is 13.4. The third kappa shape index (κ3) is 3.69. The standard InChI is InChI=1S/C27H26N4O3/c1-16-12-21(17(2)28-23-11-7-6-10-20(23)26(33)34)24-22(13-16)25(32)30(3)27(29-24)31-14-18-8-4-5-9-19(18)15-31/h4-13,17,28H,14-15H2,1-3H3,(H,33,34). The number of nitrogens with one attached hydrogen (secondary N) is 1. The number of aromatic carboxylic acids is 1. The van der Waals surface area contributed by atoms with Gasteiger partial charge in [-0.1, -0.05) is 42.5 Å². The Bertz CT molecular complexity index is 1470. The van der Waals surface area contributed by atoms with E-state index in [1.807, 2.05) is 38.1 Å². The molecule has 172 valence electrons. The second-order valence-electron chi connectivity index (χ2n) is 8.87. The van der Waals surface area contributed by atoms with Crippen molar-refractivity contribution in [2.45, 2.75) is 33.0 Å². The molecule has 0 bridgehead atoms. The van der Waals surface area contributed by atoms with Crippen molar-refractivity contribution in [3.8, 4) is 0 Å². The van der Waals surface area contributed by atoms with Gasteiger partial charge in [-0.25, -0.2) is 9.78 Å². The molecule has 1 aromatic heterocycles. The van der Waals surface area contributed by atoms with E-state index in [1.54, 1.807) is 35.9 Å². The van der Waals surface area contributed by atoms with Gasteiger partial charge in [-0.15, -0.1) is 0 Å². The lowest BCUT2D eigenvalue weighted by atomic mass is 10.0. The van der Waals surface area contributed by atoms with Gasteiger partial charge in [0.1, 0.15) is 0 Å². The quantitative estimate of drug-likeness (QED) is 0.457. The van der Waals surface area contributed by atoms with Crippen LogP contribution in [0.5, 0.6) is 0 Å². The van der Waals surface area contributed by atoms with Crippen molar-refractivity contribution < 1.29 is 9.90 Å². The number of para-hydroxylation sites is 1. The number of carbonyl (C=O) groups is 1. The van der Waals surface area contributed by atoms with Gasteiger partial charge in [0.25, 0.3) is 5.56 Å². The molecule has 1 aliphatic heterocycles. The van der Waals surface area contributed by atoms with Crippen LogP contribution in [0.15, 0.2) is 65.5 Å². The molecule has 3 aromatic carbocycles. The zero-order valence-corrected chi connectivity index (χ0v) is 19.4. The van der Waals surface area contributed by atoms with Crippen LogP contribution >= 0.6 is 0 Å². The molecule has 2 N–H and O–H groups in total. The number of rotatable bonds is 5. The maximum absolute atomic E-state index is 13.4. The number of aromatic nitrogens is 2. The smallest absolute Gasteiger partial charge is 0.337 e. The number of fused-ring (bicyclic) bond motifs is 2. The first-order valence-corrected chi connectivity index (χ1v) is 11.3. The summed E-state index contributed by atoms with van der Waals surface area (Å²) in [4.78, 5) is 32.2. The zero-order chi connectivity index (χ0) is 24.0. The summed E-state index contributed by atoms with van der Waals surface area (Å²) in [7, 11) is 1.76. The van der Waals surface area contributed by atoms with E-state index in [1.165, 1.54) is 11.1 Å². The van der Waals surface area contributed by atoms with Crippen molar-refractivity contribution in [3.63, 3.8) is 0 Å². The van der Waals surface area contributed by atoms with Gasteiger partial charge in [-0.05, 0) is 48.7 Å². The summed E-state index contributed by atoms with van der Waals surface area (Å²) >= 11 is 0. The minimum absolute atomic E-state index is 0.0981. The largest absolute Gasteiger partial charge is 0.478 e. The molecule has 34 heavy (non-hydrogen) atoms. The normalized spacial score (nSPS) is 13.7. The van der Waals surface area contributed by atoms with Gasteiger partial charge in [0.2, 0.25) is 5.95 Å². The van der Waals surface area contributed by atoms with E-state index in [4.69, 9.17) is 4.98 Å².